The number of thiol groups is 1. The number of rotatable bonds is 3. The number of hydrogen-bond donors (Lipinski definition) is 2. The van der Waals surface area contributed by atoms with Crippen molar-refractivity contribution in [2.45, 2.75) is 27.7 Å². The van der Waals surface area contributed by atoms with Gasteiger partial charge in [-0.3, -0.25) is 4.79 Å². The largest absolute Gasteiger partial charge is 0.355 e. The molecule has 1 aliphatic carbocycles. The fourth-order valence-electron chi connectivity index (χ4n) is 2.12. The molecular weight excluding hydrogens is 182 g/mol. The number of carbonyl (C=O) groups excluding carboxylic acids is 1. The molecule has 1 saturated carbocycles. The fraction of sp³-hybridized carbons (Fsp3) is 0.900. The Labute approximate surface area is 85.9 Å². The highest BCUT2D eigenvalue weighted by molar-refractivity contribution is 7.81. The number of hydrogen-bond acceptors (Lipinski definition) is 2. The van der Waals surface area contributed by atoms with E-state index < -0.39 is 0 Å². The highest BCUT2D eigenvalue weighted by Gasteiger charge is 2.64. The molecule has 0 bridgehead atoms. The normalized spacial score (nSPS) is 24.1. The summed E-state index contributed by atoms with van der Waals surface area (Å²) in [4.78, 5) is 11.0. The van der Waals surface area contributed by atoms with E-state index in [1.165, 1.54) is 0 Å². The van der Waals surface area contributed by atoms with Crippen molar-refractivity contribution in [2.24, 2.45) is 16.7 Å². The van der Waals surface area contributed by atoms with Crippen molar-refractivity contribution in [1.82, 2.24) is 5.32 Å². The van der Waals surface area contributed by atoms with Crippen molar-refractivity contribution in [3.8, 4) is 0 Å². The SMILES string of the molecule is CC1(C)C(CNC(=O)CS)C1(C)C. The highest BCUT2D eigenvalue weighted by Crippen LogP contribution is 2.67. The summed E-state index contributed by atoms with van der Waals surface area (Å²) in [6, 6.07) is 0. The second kappa shape index (κ2) is 3.19. The molecule has 1 amide bonds. The fourth-order valence-corrected chi connectivity index (χ4v) is 2.23. The van der Waals surface area contributed by atoms with Gasteiger partial charge >= 0.3 is 0 Å². The third kappa shape index (κ3) is 1.71. The van der Waals surface area contributed by atoms with Crippen molar-refractivity contribution in [2.75, 3.05) is 12.3 Å². The molecule has 1 rings (SSSR count). The molecule has 0 spiro atoms. The summed E-state index contributed by atoms with van der Waals surface area (Å²) in [6.07, 6.45) is 0. The van der Waals surface area contributed by atoms with E-state index in [1.807, 2.05) is 0 Å². The summed E-state index contributed by atoms with van der Waals surface area (Å²) >= 11 is 3.91. The van der Waals surface area contributed by atoms with Gasteiger partial charge in [0.05, 0.1) is 5.75 Å². The van der Waals surface area contributed by atoms with Crippen LogP contribution in [0.4, 0.5) is 0 Å². The summed E-state index contributed by atoms with van der Waals surface area (Å²) in [6.45, 7) is 9.81. The molecule has 0 aromatic carbocycles. The van der Waals surface area contributed by atoms with Crippen LogP contribution in [0.15, 0.2) is 0 Å². The maximum Gasteiger partial charge on any atom is 0.229 e. The maximum absolute atomic E-state index is 11.0. The predicted octanol–water partition coefficient (Wildman–Crippen LogP) is 1.71. The summed E-state index contributed by atoms with van der Waals surface area (Å²) in [5.74, 6) is 0.916. The van der Waals surface area contributed by atoms with Crippen molar-refractivity contribution in [1.29, 1.82) is 0 Å². The molecule has 0 radical (unpaired) electrons. The molecule has 0 aromatic rings. The molecule has 0 aliphatic heterocycles. The molecule has 0 heterocycles. The number of nitrogens with one attached hydrogen (secondary N) is 1. The minimum Gasteiger partial charge on any atom is -0.355 e. The number of carbonyl (C=O) groups is 1. The topological polar surface area (TPSA) is 29.1 Å². The van der Waals surface area contributed by atoms with Crippen LogP contribution in [0.3, 0.4) is 0 Å². The summed E-state index contributed by atoms with van der Waals surface area (Å²) in [5, 5.41) is 2.89. The quantitative estimate of drug-likeness (QED) is 0.669. The molecule has 0 atom stereocenters. The average molecular weight is 201 g/mol. The molecule has 76 valence electrons. The first-order chi connectivity index (χ1) is 5.84. The number of amides is 1. The van der Waals surface area contributed by atoms with Gasteiger partial charge in [0.25, 0.3) is 0 Å². The van der Waals surface area contributed by atoms with Gasteiger partial charge in [-0.25, -0.2) is 0 Å². The lowest BCUT2D eigenvalue weighted by atomic mass is 10.0. The van der Waals surface area contributed by atoms with Crippen molar-refractivity contribution < 1.29 is 4.79 Å². The predicted molar refractivity (Wildman–Crippen MR) is 57.9 cm³/mol. The molecule has 0 saturated heterocycles. The van der Waals surface area contributed by atoms with E-state index in [2.05, 4.69) is 45.6 Å². The zero-order valence-electron chi connectivity index (χ0n) is 8.85. The minimum atomic E-state index is 0.0295. The van der Waals surface area contributed by atoms with E-state index in [0.717, 1.165) is 6.54 Å². The van der Waals surface area contributed by atoms with Gasteiger partial charge < -0.3 is 5.32 Å². The van der Waals surface area contributed by atoms with Gasteiger partial charge in [0.1, 0.15) is 0 Å². The van der Waals surface area contributed by atoms with Gasteiger partial charge in [-0.15, -0.1) is 0 Å². The lowest BCUT2D eigenvalue weighted by Gasteiger charge is -2.04. The molecule has 0 unspecified atom stereocenters. The zero-order chi connectivity index (χ0) is 10.3. The Morgan fingerprint density at radius 1 is 1.31 bits per heavy atom. The van der Waals surface area contributed by atoms with Gasteiger partial charge in [-0.2, -0.15) is 12.6 Å². The lowest BCUT2D eigenvalue weighted by molar-refractivity contribution is -0.118. The molecule has 1 N–H and O–H groups in total. The second-order valence-corrected chi connectivity index (χ2v) is 5.27. The van der Waals surface area contributed by atoms with Gasteiger partial charge in [-0.1, -0.05) is 27.7 Å². The van der Waals surface area contributed by atoms with Crippen LogP contribution in [0, 0.1) is 16.7 Å². The van der Waals surface area contributed by atoms with Crippen LogP contribution < -0.4 is 5.32 Å². The van der Waals surface area contributed by atoms with Crippen molar-refractivity contribution in [3.63, 3.8) is 0 Å². The third-order valence-corrected chi connectivity index (χ3v) is 4.25. The molecule has 2 nitrogen and oxygen atoms in total. The van der Waals surface area contributed by atoms with Crippen LogP contribution in [0.1, 0.15) is 27.7 Å². The van der Waals surface area contributed by atoms with Gasteiger partial charge in [0.2, 0.25) is 5.91 Å². The molecule has 3 heteroatoms. The lowest BCUT2D eigenvalue weighted by Crippen LogP contribution is -2.27. The van der Waals surface area contributed by atoms with Crippen LogP contribution in [0.5, 0.6) is 0 Å². The molecule has 1 aliphatic rings. The molecule has 0 aromatic heterocycles. The Morgan fingerprint density at radius 3 is 2.08 bits per heavy atom. The highest BCUT2D eigenvalue weighted by atomic mass is 32.1. The Morgan fingerprint density at radius 2 is 1.77 bits per heavy atom. The zero-order valence-corrected chi connectivity index (χ0v) is 9.74. The summed E-state index contributed by atoms with van der Waals surface area (Å²) in [5.41, 5.74) is 0.716. The van der Waals surface area contributed by atoms with Gasteiger partial charge in [0.15, 0.2) is 0 Å². The van der Waals surface area contributed by atoms with Gasteiger partial charge in [0, 0.05) is 6.54 Å². The van der Waals surface area contributed by atoms with Gasteiger partial charge in [-0.05, 0) is 16.7 Å². The van der Waals surface area contributed by atoms with E-state index in [9.17, 15) is 4.79 Å². The van der Waals surface area contributed by atoms with E-state index in [1.54, 1.807) is 0 Å². The van der Waals surface area contributed by atoms with Crippen LogP contribution in [0.25, 0.3) is 0 Å². The monoisotopic (exact) mass is 201 g/mol. The first kappa shape index (κ1) is 10.9. The Balaban J connectivity index is 2.38. The molecule has 1 fully saturated rings. The van der Waals surface area contributed by atoms with E-state index in [4.69, 9.17) is 0 Å². The maximum atomic E-state index is 11.0. The average Bonchev–Trinajstić information content (AvgIpc) is 2.40. The first-order valence-corrected chi connectivity index (χ1v) is 5.35. The minimum absolute atomic E-state index is 0.0295. The van der Waals surface area contributed by atoms with Crippen LogP contribution >= 0.6 is 12.6 Å². The Kier molecular flexibility index (Phi) is 2.68. The van der Waals surface area contributed by atoms with E-state index in [0.29, 0.717) is 16.7 Å². The van der Waals surface area contributed by atoms with E-state index >= 15 is 0 Å². The van der Waals surface area contributed by atoms with E-state index in [-0.39, 0.29) is 11.7 Å². The van der Waals surface area contributed by atoms with Crippen molar-refractivity contribution in [3.05, 3.63) is 0 Å². The Bertz CT molecular complexity index is 209. The molecular formula is C10H19NOS. The van der Waals surface area contributed by atoms with Crippen molar-refractivity contribution >= 4 is 18.5 Å². The van der Waals surface area contributed by atoms with Crippen LogP contribution in [-0.4, -0.2) is 18.2 Å². The molecule has 13 heavy (non-hydrogen) atoms. The smallest absolute Gasteiger partial charge is 0.229 e. The third-order valence-electron chi connectivity index (χ3n) is 3.97. The van der Waals surface area contributed by atoms with Crippen LogP contribution in [-0.2, 0) is 4.79 Å². The second-order valence-electron chi connectivity index (χ2n) is 4.96. The van der Waals surface area contributed by atoms with Crippen LogP contribution in [0.2, 0.25) is 0 Å². The Hall–Kier alpha value is -0.180. The summed E-state index contributed by atoms with van der Waals surface area (Å²) in [7, 11) is 0. The standard InChI is InChI=1S/C10H19NOS/c1-9(2)7(10(9,3)4)5-11-8(12)6-13/h7,13H,5-6H2,1-4H3,(H,11,12). The summed E-state index contributed by atoms with van der Waals surface area (Å²) < 4.78 is 0. The first-order valence-electron chi connectivity index (χ1n) is 4.71.